The van der Waals surface area contributed by atoms with Crippen molar-refractivity contribution in [1.82, 2.24) is 9.78 Å². The summed E-state index contributed by atoms with van der Waals surface area (Å²) in [5.41, 5.74) is 4.27. The fraction of sp³-hybridized carbons (Fsp3) is 0.0833. The van der Waals surface area contributed by atoms with E-state index in [0.717, 1.165) is 27.0 Å². The quantitative estimate of drug-likeness (QED) is 0.289. The zero-order chi connectivity index (χ0) is 22.1. The Balaban J connectivity index is 1.90. The standard InChI is InChI=1S/C24H18BrCl2N3O/c1-15-22(24(31)29(2)19-6-4-3-5-7-19)28-30(21-13-12-18(26)14-20(21)27)23(15)16-8-10-17(25)11-9-16/h3-14H,1-2H3. The second-order valence-corrected chi connectivity index (χ2v) is 8.80. The lowest BCUT2D eigenvalue weighted by Gasteiger charge is -2.16. The molecule has 4 nitrogen and oxygen atoms in total. The summed E-state index contributed by atoms with van der Waals surface area (Å²) in [6.07, 6.45) is 0. The minimum Gasteiger partial charge on any atom is -0.310 e. The predicted octanol–water partition coefficient (Wildman–Crippen LogP) is 7.19. The van der Waals surface area contributed by atoms with Crippen molar-refractivity contribution >= 4 is 50.7 Å². The maximum Gasteiger partial charge on any atom is 0.278 e. The first-order valence-corrected chi connectivity index (χ1v) is 11.1. The normalized spacial score (nSPS) is 10.9. The van der Waals surface area contributed by atoms with Crippen LogP contribution in [0.15, 0.2) is 77.3 Å². The molecule has 1 aromatic heterocycles. The average Bonchev–Trinajstić information content (AvgIpc) is 3.10. The molecule has 1 heterocycles. The first-order chi connectivity index (χ1) is 14.9. The molecule has 0 N–H and O–H groups in total. The minimum atomic E-state index is -0.203. The molecule has 4 rings (SSSR count). The molecule has 0 aliphatic heterocycles. The van der Waals surface area contributed by atoms with Crippen LogP contribution < -0.4 is 4.90 Å². The second-order valence-electron chi connectivity index (χ2n) is 7.04. The van der Waals surface area contributed by atoms with Gasteiger partial charge in [-0.3, -0.25) is 4.79 Å². The lowest BCUT2D eigenvalue weighted by molar-refractivity contribution is 0.0987. The van der Waals surface area contributed by atoms with Gasteiger partial charge in [0.1, 0.15) is 0 Å². The van der Waals surface area contributed by atoms with E-state index in [1.54, 1.807) is 34.8 Å². The Bertz CT molecular complexity index is 1250. The summed E-state index contributed by atoms with van der Waals surface area (Å²) in [6.45, 7) is 1.90. The third kappa shape index (κ3) is 4.26. The van der Waals surface area contributed by atoms with Gasteiger partial charge in [0.2, 0.25) is 0 Å². The van der Waals surface area contributed by atoms with E-state index < -0.39 is 0 Å². The highest BCUT2D eigenvalue weighted by Crippen LogP contribution is 2.33. The molecule has 0 spiro atoms. The molecule has 0 fully saturated rings. The Morgan fingerprint density at radius 1 is 1.00 bits per heavy atom. The van der Waals surface area contributed by atoms with E-state index in [0.29, 0.717) is 21.4 Å². The molecule has 0 radical (unpaired) electrons. The number of rotatable bonds is 4. The van der Waals surface area contributed by atoms with E-state index in [2.05, 4.69) is 15.9 Å². The molecule has 0 aliphatic carbocycles. The van der Waals surface area contributed by atoms with Gasteiger partial charge in [-0.05, 0) is 49.4 Å². The number of hydrogen-bond acceptors (Lipinski definition) is 2. The Kier molecular flexibility index (Phi) is 6.19. The van der Waals surface area contributed by atoms with Crippen molar-refractivity contribution in [3.8, 4) is 16.9 Å². The third-order valence-corrected chi connectivity index (χ3v) is 6.09. The summed E-state index contributed by atoms with van der Waals surface area (Å²) in [6, 6.07) is 22.5. The summed E-state index contributed by atoms with van der Waals surface area (Å²) >= 11 is 16.1. The summed E-state index contributed by atoms with van der Waals surface area (Å²) in [5, 5.41) is 5.68. The molecule has 0 unspecified atom stereocenters. The summed E-state index contributed by atoms with van der Waals surface area (Å²) in [4.78, 5) is 15.0. The summed E-state index contributed by atoms with van der Waals surface area (Å²) in [5.74, 6) is -0.203. The zero-order valence-corrected chi connectivity index (χ0v) is 19.9. The van der Waals surface area contributed by atoms with Gasteiger partial charge in [-0.1, -0.05) is 69.5 Å². The number of hydrogen-bond donors (Lipinski definition) is 0. The molecular formula is C24H18BrCl2N3O. The highest BCUT2D eigenvalue weighted by Gasteiger charge is 2.25. The van der Waals surface area contributed by atoms with Crippen LogP contribution in [-0.4, -0.2) is 22.7 Å². The van der Waals surface area contributed by atoms with Crippen LogP contribution in [0.1, 0.15) is 16.1 Å². The van der Waals surface area contributed by atoms with Gasteiger partial charge >= 0.3 is 0 Å². The number of para-hydroxylation sites is 1. The minimum absolute atomic E-state index is 0.203. The van der Waals surface area contributed by atoms with Gasteiger partial charge in [0.25, 0.3) is 5.91 Å². The van der Waals surface area contributed by atoms with Crippen LogP contribution in [0.25, 0.3) is 16.9 Å². The van der Waals surface area contributed by atoms with Crippen LogP contribution in [-0.2, 0) is 0 Å². The van der Waals surface area contributed by atoms with Gasteiger partial charge in [0.05, 0.1) is 16.4 Å². The van der Waals surface area contributed by atoms with Crippen molar-refractivity contribution in [2.75, 3.05) is 11.9 Å². The van der Waals surface area contributed by atoms with Crippen LogP contribution >= 0.6 is 39.1 Å². The van der Waals surface area contributed by atoms with Crippen LogP contribution in [0.3, 0.4) is 0 Å². The van der Waals surface area contributed by atoms with Gasteiger partial charge < -0.3 is 4.90 Å². The predicted molar refractivity (Wildman–Crippen MR) is 131 cm³/mol. The van der Waals surface area contributed by atoms with Crippen LogP contribution in [0, 0.1) is 6.92 Å². The second kappa shape index (κ2) is 8.87. The number of carbonyl (C=O) groups excluding carboxylic acids is 1. The van der Waals surface area contributed by atoms with Crippen molar-refractivity contribution in [2.45, 2.75) is 6.92 Å². The third-order valence-electron chi connectivity index (χ3n) is 5.03. The number of amides is 1. The molecule has 0 aliphatic rings. The number of aromatic nitrogens is 2. The van der Waals surface area contributed by atoms with E-state index in [-0.39, 0.29) is 5.91 Å². The average molecular weight is 515 g/mol. The van der Waals surface area contributed by atoms with E-state index in [1.165, 1.54) is 0 Å². The zero-order valence-electron chi connectivity index (χ0n) is 16.8. The van der Waals surface area contributed by atoms with Gasteiger partial charge in [-0.15, -0.1) is 0 Å². The molecule has 0 bridgehead atoms. The van der Waals surface area contributed by atoms with Crippen molar-refractivity contribution in [3.63, 3.8) is 0 Å². The van der Waals surface area contributed by atoms with E-state index in [4.69, 9.17) is 28.3 Å². The lowest BCUT2D eigenvalue weighted by atomic mass is 10.1. The largest absolute Gasteiger partial charge is 0.310 e. The topological polar surface area (TPSA) is 38.1 Å². The highest BCUT2D eigenvalue weighted by molar-refractivity contribution is 9.10. The summed E-state index contributed by atoms with van der Waals surface area (Å²) in [7, 11) is 1.74. The summed E-state index contributed by atoms with van der Waals surface area (Å²) < 4.78 is 2.67. The van der Waals surface area contributed by atoms with Crippen LogP contribution in [0.4, 0.5) is 5.69 Å². The van der Waals surface area contributed by atoms with Gasteiger partial charge in [0.15, 0.2) is 5.69 Å². The fourth-order valence-electron chi connectivity index (χ4n) is 3.40. The van der Waals surface area contributed by atoms with Crippen molar-refractivity contribution in [2.24, 2.45) is 0 Å². The number of nitrogens with zero attached hydrogens (tertiary/aromatic N) is 3. The molecule has 0 saturated carbocycles. The molecule has 7 heteroatoms. The first-order valence-electron chi connectivity index (χ1n) is 9.51. The molecule has 156 valence electrons. The molecule has 4 aromatic rings. The molecule has 31 heavy (non-hydrogen) atoms. The Morgan fingerprint density at radius 3 is 2.32 bits per heavy atom. The van der Waals surface area contributed by atoms with E-state index in [1.807, 2.05) is 61.5 Å². The number of benzene rings is 3. The van der Waals surface area contributed by atoms with Gasteiger partial charge in [-0.25, -0.2) is 4.68 Å². The number of carbonyl (C=O) groups is 1. The van der Waals surface area contributed by atoms with Crippen LogP contribution in [0.2, 0.25) is 10.0 Å². The van der Waals surface area contributed by atoms with Crippen LogP contribution in [0.5, 0.6) is 0 Å². The van der Waals surface area contributed by atoms with Crippen molar-refractivity contribution in [3.05, 3.63) is 98.6 Å². The molecule has 0 saturated heterocycles. The fourth-order valence-corrected chi connectivity index (χ4v) is 4.15. The maximum atomic E-state index is 13.4. The molecule has 0 atom stereocenters. The smallest absolute Gasteiger partial charge is 0.278 e. The molecule has 1 amide bonds. The number of anilines is 1. The highest BCUT2D eigenvalue weighted by atomic mass is 79.9. The first kappa shape index (κ1) is 21.6. The molecule has 3 aromatic carbocycles. The SMILES string of the molecule is Cc1c(C(=O)N(C)c2ccccc2)nn(-c2ccc(Cl)cc2Cl)c1-c1ccc(Br)cc1. The van der Waals surface area contributed by atoms with Crippen molar-refractivity contribution < 1.29 is 4.79 Å². The Hall–Kier alpha value is -2.60. The monoisotopic (exact) mass is 513 g/mol. The Morgan fingerprint density at radius 2 is 1.68 bits per heavy atom. The van der Waals surface area contributed by atoms with Gasteiger partial charge in [-0.2, -0.15) is 5.10 Å². The van der Waals surface area contributed by atoms with Gasteiger partial charge in [0, 0.05) is 33.4 Å². The van der Waals surface area contributed by atoms with Crippen molar-refractivity contribution in [1.29, 1.82) is 0 Å². The van der Waals surface area contributed by atoms with E-state index >= 15 is 0 Å². The number of halogens is 3. The molecular weight excluding hydrogens is 497 g/mol. The Labute approximate surface area is 199 Å². The maximum absolute atomic E-state index is 13.4. The van der Waals surface area contributed by atoms with E-state index in [9.17, 15) is 4.79 Å². The lowest BCUT2D eigenvalue weighted by Crippen LogP contribution is -2.27.